The first-order chi connectivity index (χ1) is 7.39. The van der Waals surface area contributed by atoms with Gasteiger partial charge in [0.15, 0.2) is 4.21 Å². The molecule has 1 rings (SSSR count). The Balaban J connectivity index is 3.02. The van der Waals surface area contributed by atoms with E-state index in [-0.39, 0.29) is 9.08 Å². The van der Waals surface area contributed by atoms with E-state index in [2.05, 4.69) is 4.98 Å². The molecule has 92 valence electrons. The molecule has 0 saturated carbocycles. The second kappa shape index (κ2) is 5.35. The van der Waals surface area contributed by atoms with Gasteiger partial charge < -0.3 is 4.98 Å². The normalized spacial score (nSPS) is 12.2. The summed E-state index contributed by atoms with van der Waals surface area (Å²) in [5.41, 5.74) is 0.408. The number of thioether (sulfide) groups is 1. The number of aromatic amines is 1. The van der Waals surface area contributed by atoms with Crippen molar-refractivity contribution < 1.29 is 8.42 Å². The van der Waals surface area contributed by atoms with Crippen molar-refractivity contribution in [3.63, 3.8) is 0 Å². The van der Waals surface area contributed by atoms with Crippen LogP contribution in [0.4, 0.5) is 0 Å². The minimum absolute atomic E-state index is 0.112. The molecule has 0 fully saturated rings. The number of nitrogens with one attached hydrogen (secondary N) is 1. The van der Waals surface area contributed by atoms with Crippen LogP contribution in [0, 0.1) is 6.92 Å². The maximum Gasteiger partial charge on any atom is 0.305 e. The molecule has 5 nitrogen and oxygen atoms in total. The van der Waals surface area contributed by atoms with E-state index >= 15 is 0 Å². The second-order valence-electron chi connectivity index (χ2n) is 3.25. The van der Waals surface area contributed by atoms with Gasteiger partial charge in [0.2, 0.25) is 0 Å². The number of rotatable bonds is 5. The van der Waals surface area contributed by atoms with Crippen molar-refractivity contribution in [2.45, 2.75) is 11.1 Å². The third kappa shape index (κ3) is 2.88. The molecule has 0 unspecified atom stereocenters. The number of aromatic nitrogens is 1. The van der Waals surface area contributed by atoms with Gasteiger partial charge in [0, 0.05) is 25.0 Å². The minimum atomic E-state index is -3.51. The summed E-state index contributed by atoms with van der Waals surface area (Å²) in [5, 5.41) is 0. The van der Waals surface area contributed by atoms with Crippen LogP contribution in [0.2, 0.25) is 0 Å². The first-order valence-corrected chi connectivity index (χ1v) is 8.19. The molecule has 0 aliphatic carbocycles. The van der Waals surface area contributed by atoms with E-state index in [4.69, 9.17) is 0 Å². The molecule has 1 aromatic rings. The molecule has 0 bridgehead atoms. The number of hydrogen-bond acceptors (Lipinski definition) is 5. The summed E-state index contributed by atoms with van der Waals surface area (Å²) in [6, 6.07) is 0. The zero-order valence-electron chi connectivity index (χ0n) is 9.31. The van der Waals surface area contributed by atoms with Gasteiger partial charge in [0.05, 0.1) is 0 Å². The van der Waals surface area contributed by atoms with Crippen molar-refractivity contribution in [3.8, 4) is 0 Å². The summed E-state index contributed by atoms with van der Waals surface area (Å²) in [7, 11) is -1.99. The van der Waals surface area contributed by atoms with Crippen molar-refractivity contribution >= 4 is 33.1 Å². The Kier molecular flexibility index (Phi) is 4.60. The van der Waals surface area contributed by atoms with Crippen LogP contribution >= 0.6 is 23.1 Å². The average molecular weight is 282 g/mol. The average Bonchev–Trinajstić information content (AvgIpc) is 2.54. The van der Waals surface area contributed by atoms with E-state index in [1.165, 1.54) is 11.4 Å². The third-order valence-corrected chi connectivity index (χ3v) is 6.07. The molecular weight excluding hydrogens is 268 g/mol. The topological polar surface area (TPSA) is 70.2 Å². The molecule has 1 N–H and O–H groups in total. The molecule has 1 aromatic heterocycles. The van der Waals surface area contributed by atoms with Gasteiger partial charge in [-0.2, -0.15) is 16.1 Å². The molecular formula is C8H14N2O3S3. The Morgan fingerprint density at radius 2 is 2.12 bits per heavy atom. The number of hydrogen-bond donors (Lipinski definition) is 1. The molecule has 0 amide bonds. The monoisotopic (exact) mass is 282 g/mol. The molecule has 0 aliphatic heterocycles. The SMILES string of the molecule is CSCCN(C)S(=O)(=O)c1sc(=O)[nH]c1C. The summed E-state index contributed by atoms with van der Waals surface area (Å²) in [5.74, 6) is 0.730. The van der Waals surface area contributed by atoms with Gasteiger partial charge in [0.25, 0.3) is 10.0 Å². The lowest BCUT2D eigenvalue weighted by molar-refractivity contribution is 0.490. The molecule has 0 aromatic carbocycles. The Hall–Kier alpha value is -0.310. The summed E-state index contributed by atoms with van der Waals surface area (Å²) in [6.45, 7) is 2.03. The van der Waals surface area contributed by atoms with Gasteiger partial charge in [0.1, 0.15) is 0 Å². The highest BCUT2D eigenvalue weighted by Crippen LogP contribution is 2.19. The highest BCUT2D eigenvalue weighted by molar-refractivity contribution is 7.98. The fraction of sp³-hybridized carbons (Fsp3) is 0.625. The van der Waals surface area contributed by atoms with Gasteiger partial charge >= 0.3 is 4.87 Å². The van der Waals surface area contributed by atoms with E-state index in [1.54, 1.807) is 18.7 Å². The summed E-state index contributed by atoms with van der Waals surface area (Å²) in [4.78, 5) is 13.2. The summed E-state index contributed by atoms with van der Waals surface area (Å²) < 4.78 is 25.5. The third-order valence-electron chi connectivity index (χ3n) is 2.04. The zero-order chi connectivity index (χ0) is 12.3. The minimum Gasteiger partial charge on any atom is -0.315 e. The van der Waals surface area contributed by atoms with Gasteiger partial charge in [-0.05, 0) is 13.2 Å². The van der Waals surface area contributed by atoms with E-state index in [0.717, 1.165) is 17.1 Å². The fourth-order valence-electron chi connectivity index (χ4n) is 1.12. The quantitative estimate of drug-likeness (QED) is 0.864. The zero-order valence-corrected chi connectivity index (χ0v) is 11.8. The molecule has 8 heteroatoms. The van der Waals surface area contributed by atoms with E-state index in [1.807, 2.05) is 6.26 Å². The maximum atomic E-state index is 12.0. The Labute approximate surface area is 103 Å². The van der Waals surface area contributed by atoms with Crippen LogP contribution in [0.1, 0.15) is 5.69 Å². The predicted molar refractivity (Wildman–Crippen MR) is 67.9 cm³/mol. The first-order valence-electron chi connectivity index (χ1n) is 4.54. The van der Waals surface area contributed by atoms with E-state index in [0.29, 0.717) is 12.2 Å². The van der Waals surface area contributed by atoms with Crippen molar-refractivity contribution in [1.29, 1.82) is 0 Å². The van der Waals surface area contributed by atoms with Gasteiger partial charge in [-0.15, -0.1) is 0 Å². The highest BCUT2D eigenvalue weighted by atomic mass is 32.2. The van der Waals surface area contributed by atoms with Gasteiger partial charge in [-0.25, -0.2) is 8.42 Å². The number of thiazole rings is 1. The molecule has 1 heterocycles. The van der Waals surface area contributed by atoms with E-state index < -0.39 is 10.0 Å². The lowest BCUT2D eigenvalue weighted by atomic mass is 10.6. The van der Waals surface area contributed by atoms with Crippen LogP contribution in [0.5, 0.6) is 0 Å². The van der Waals surface area contributed by atoms with Crippen LogP contribution in [-0.4, -0.2) is 43.3 Å². The van der Waals surface area contributed by atoms with Crippen LogP contribution in [0.25, 0.3) is 0 Å². The largest absolute Gasteiger partial charge is 0.315 e. The van der Waals surface area contributed by atoms with Crippen molar-refractivity contribution in [1.82, 2.24) is 9.29 Å². The fourth-order valence-corrected chi connectivity index (χ4v) is 4.35. The van der Waals surface area contributed by atoms with E-state index in [9.17, 15) is 13.2 Å². The summed E-state index contributed by atoms with van der Waals surface area (Å²) >= 11 is 2.31. The van der Waals surface area contributed by atoms with Crippen molar-refractivity contribution in [3.05, 3.63) is 15.4 Å². The molecule has 0 radical (unpaired) electrons. The van der Waals surface area contributed by atoms with Crippen LogP contribution in [0.3, 0.4) is 0 Å². The number of H-pyrrole nitrogens is 1. The van der Waals surface area contributed by atoms with Gasteiger partial charge in [-0.3, -0.25) is 4.79 Å². The van der Waals surface area contributed by atoms with Crippen LogP contribution in [-0.2, 0) is 10.0 Å². The Morgan fingerprint density at radius 3 is 2.56 bits per heavy atom. The summed E-state index contributed by atoms with van der Waals surface area (Å²) in [6.07, 6.45) is 1.92. The molecule has 16 heavy (non-hydrogen) atoms. The number of nitrogens with zero attached hydrogens (tertiary/aromatic N) is 1. The molecule has 0 saturated heterocycles. The van der Waals surface area contributed by atoms with Crippen LogP contribution in [0.15, 0.2) is 9.00 Å². The molecule has 0 aliphatic rings. The van der Waals surface area contributed by atoms with Crippen LogP contribution < -0.4 is 4.87 Å². The smallest absolute Gasteiger partial charge is 0.305 e. The second-order valence-corrected chi connectivity index (χ2v) is 7.46. The van der Waals surface area contributed by atoms with Crippen molar-refractivity contribution in [2.75, 3.05) is 25.6 Å². The number of aryl methyl sites for hydroxylation is 1. The number of sulfonamides is 1. The first kappa shape index (κ1) is 13.8. The highest BCUT2D eigenvalue weighted by Gasteiger charge is 2.25. The Bertz CT molecular complexity index is 503. The molecule has 0 spiro atoms. The maximum absolute atomic E-state index is 12.0. The lowest BCUT2D eigenvalue weighted by Gasteiger charge is -2.15. The van der Waals surface area contributed by atoms with Crippen molar-refractivity contribution in [2.24, 2.45) is 0 Å². The standard InChI is InChI=1S/C8H14N2O3S3/c1-6-7(15-8(11)9-6)16(12,13)10(2)4-5-14-3/h4-5H2,1-3H3,(H,9,11). The molecule has 0 atom stereocenters. The Morgan fingerprint density at radius 1 is 1.50 bits per heavy atom. The predicted octanol–water partition coefficient (Wildman–Crippen LogP) is 0.728. The lowest BCUT2D eigenvalue weighted by Crippen LogP contribution is -2.29. The van der Waals surface area contributed by atoms with Gasteiger partial charge in [-0.1, -0.05) is 11.3 Å².